The quantitative estimate of drug-likeness (QED) is 0.875. The number of benzene rings is 2. The zero-order chi connectivity index (χ0) is 17.8. The van der Waals surface area contributed by atoms with Gasteiger partial charge in [0, 0.05) is 17.5 Å². The molecule has 25 heavy (non-hydrogen) atoms. The van der Waals surface area contributed by atoms with E-state index >= 15 is 0 Å². The van der Waals surface area contributed by atoms with Crippen molar-refractivity contribution in [2.24, 2.45) is 0 Å². The first-order valence-corrected chi connectivity index (χ1v) is 8.77. The van der Waals surface area contributed by atoms with E-state index < -0.39 is 0 Å². The van der Waals surface area contributed by atoms with Crippen LogP contribution in [0.25, 0.3) is 0 Å². The third-order valence-electron chi connectivity index (χ3n) is 4.49. The monoisotopic (exact) mass is 346 g/mol. The highest BCUT2D eigenvalue weighted by Crippen LogP contribution is 2.36. The lowest BCUT2D eigenvalue weighted by atomic mass is 9.89. The number of ether oxygens (including phenoxy) is 3. The number of methoxy groups -OCH3 is 1. The van der Waals surface area contributed by atoms with Gasteiger partial charge < -0.3 is 19.5 Å². The molecule has 0 aliphatic carbocycles. The first-order chi connectivity index (χ1) is 12.2. The molecule has 1 atom stereocenters. The molecule has 0 radical (unpaired) electrons. The lowest BCUT2D eigenvalue weighted by Crippen LogP contribution is -2.87. The fourth-order valence-electron chi connectivity index (χ4n) is 3.38. The minimum atomic E-state index is -0.344. The molecule has 1 aliphatic heterocycles. The van der Waals surface area contributed by atoms with E-state index in [-0.39, 0.29) is 17.6 Å². The molecule has 0 saturated carbocycles. The summed E-state index contributed by atoms with van der Waals surface area (Å²) >= 11 is 0. The van der Waals surface area contributed by atoms with E-state index in [9.17, 15) is 4.39 Å². The van der Waals surface area contributed by atoms with Crippen LogP contribution in [0.2, 0.25) is 0 Å². The largest absolute Gasteiger partial charge is 0.494 e. The summed E-state index contributed by atoms with van der Waals surface area (Å²) in [7, 11) is 1.49. The van der Waals surface area contributed by atoms with Crippen LogP contribution >= 0.6 is 0 Å². The van der Waals surface area contributed by atoms with Gasteiger partial charge in [0.05, 0.1) is 26.9 Å². The molecule has 0 saturated heterocycles. The van der Waals surface area contributed by atoms with Gasteiger partial charge in [-0.05, 0) is 49.7 Å². The predicted octanol–water partition coefficient (Wildman–Crippen LogP) is 2.84. The molecular formula is C20H25FNO3+. The Morgan fingerprint density at radius 2 is 1.76 bits per heavy atom. The molecule has 0 amide bonds. The van der Waals surface area contributed by atoms with Gasteiger partial charge in [-0.15, -0.1) is 0 Å². The maximum Gasteiger partial charge on any atom is 0.165 e. The summed E-state index contributed by atoms with van der Waals surface area (Å²) in [5.41, 5.74) is 3.46. The van der Waals surface area contributed by atoms with E-state index in [4.69, 9.17) is 14.2 Å². The normalized spacial score (nSPS) is 16.2. The molecule has 2 aromatic carbocycles. The highest BCUT2D eigenvalue weighted by atomic mass is 19.1. The first kappa shape index (κ1) is 17.5. The molecule has 1 aliphatic rings. The Balaban J connectivity index is 2.04. The molecule has 0 unspecified atom stereocenters. The molecule has 0 aromatic heterocycles. The van der Waals surface area contributed by atoms with Gasteiger partial charge in [-0.25, -0.2) is 4.39 Å². The number of quaternary nitrogens is 1. The number of nitrogens with two attached hydrogens (primary N) is 1. The summed E-state index contributed by atoms with van der Waals surface area (Å²) in [6.45, 7) is 6.08. The van der Waals surface area contributed by atoms with E-state index in [2.05, 4.69) is 17.4 Å². The molecule has 2 aromatic rings. The van der Waals surface area contributed by atoms with Crippen LogP contribution in [0.1, 0.15) is 36.6 Å². The molecule has 3 rings (SSSR count). The summed E-state index contributed by atoms with van der Waals surface area (Å²) < 4.78 is 30.4. The fraction of sp³-hybridized carbons (Fsp3) is 0.400. The van der Waals surface area contributed by atoms with Gasteiger partial charge in [-0.2, -0.15) is 0 Å². The van der Waals surface area contributed by atoms with Gasteiger partial charge in [-0.3, -0.25) is 0 Å². The lowest BCUT2D eigenvalue weighted by molar-refractivity contribution is -0.690. The topological polar surface area (TPSA) is 44.3 Å². The van der Waals surface area contributed by atoms with Crippen LogP contribution in [0.4, 0.5) is 4.39 Å². The van der Waals surface area contributed by atoms with E-state index in [1.165, 1.54) is 24.3 Å². The Hall–Kier alpha value is -2.27. The van der Waals surface area contributed by atoms with Gasteiger partial charge in [0.2, 0.25) is 0 Å². The van der Waals surface area contributed by atoms with Gasteiger partial charge in [0.25, 0.3) is 0 Å². The minimum Gasteiger partial charge on any atom is -0.494 e. The molecule has 0 bridgehead atoms. The second-order valence-electron chi connectivity index (χ2n) is 6.01. The summed E-state index contributed by atoms with van der Waals surface area (Å²) in [6.07, 6.45) is 0.969. The molecular weight excluding hydrogens is 321 g/mol. The van der Waals surface area contributed by atoms with Crippen molar-refractivity contribution in [3.63, 3.8) is 0 Å². The first-order valence-electron chi connectivity index (χ1n) is 8.77. The van der Waals surface area contributed by atoms with Crippen molar-refractivity contribution < 1.29 is 23.9 Å². The van der Waals surface area contributed by atoms with Crippen LogP contribution in [0.3, 0.4) is 0 Å². The number of hydrogen-bond donors (Lipinski definition) is 1. The molecule has 0 fully saturated rings. The maximum absolute atomic E-state index is 13.8. The molecule has 4 nitrogen and oxygen atoms in total. The number of hydrogen-bond acceptors (Lipinski definition) is 3. The van der Waals surface area contributed by atoms with E-state index in [0.717, 1.165) is 30.0 Å². The highest BCUT2D eigenvalue weighted by Gasteiger charge is 2.28. The van der Waals surface area contributed by atoms with Gasteiger partial charge in [0.1, 0.15) is 6.04 Å². The Labute approximate surface area is 147 Å². The van der Waals surface area contributed by atoms with Crippen molar-refractivity contribution in [1.29, 1.82) is 0 Å². The second-order valence-corrected chi connectivity index (χ2v) is 6.01. The zero-order valence-corrected chi connectivity index (χ0v) is 15.0. The van der Waals surface area contributed by atoms with E-state index in [1.807, 2.05) is 19.9 Å². The third kappa shape index (κ3) is 3.56. The molecule has 2 N–H and O–H groups in total. The van der Waals surface area contributed by atoms with Gasteiger partial charge in [-0.1, -0.05) is 0 Å². The van der Waals surface area contributed by atoms with Crippen LogP contribution in [-0.2, 0) is 6.42 Å². The second kappa shape index (κ2) is 7.74. The van der Waals surface area contributed by atoms with Crippen LogP contribution in [-0.4, -0.2) is 26.9 Å². The fourth-order valence-corrected chi connectivity index (χ4v) is 3.38. The smallest absolute Gasteiger partial charge is 0.165 e. The number of rotatable bonds is 6. The Morgan fingerprint density at radius 3 is 2.44 bits per heavy atom. The van der Waals surface area contributed by atoms with Crippen molar-refractivity contribution in [2.45, 2.75) is 26.3 Å². The number of fused-ring (bicyclic) bond motifs is 1. The van der Waals surface area contributed by atoms with Gasteiger partial charge in [0.15, 0.2) is 23.1 Å². The third-order valence-corrected chi connectivity index (χ3v) is 4.49. The van der Waals surface area contributed by atoms with Crippen LogP contribution in [0.15, 0.2) is 30.3 Å². The van der Waals surface area contributed by atoms with Crippen molar-refractivity contribution >= 4 is 0 Å². The summed E-state index contributed by atoms with van der Waals surface area (Å²) in [4.78, 5) is 0. The molecule has 1 heterocycles. The molecule has 5 heteroatoms. The number of halogens is 1. The van der Waals surface area contributed by atoms with E-state index in [0.29, 0.717) is 13.2 Å². The zero-order valence-electron chi connectivity index (χ0n) is 15.0. The summed E-state index contributed by atoms with van der Waals surface area (Å²) in [6, 6.07) is 9.32. The van der Waals surface area contributed by atoms with Crippen molar-refractivity contribution in [3.8, 4) is 17.2 Å². The highest BCUT2D eigenvalue weighted by molar-refractivity contribution is 5.51. The average Bonchev–Trinajstić information content (AvgIpc) is 2.63. The van der Waals surface area contributed by atoms with Crippen molar-refractivity contribution in [3.05, 3.63) is 52.8 Å². The van der Waals surface area contributed by atoms with Crippen LogP contribution < -0.4 is 19.5 Å². The van der Waals surface area contributed by atoms with Crippen molar-refractivity contribution in [2.75, 3.05) is 26.9 Å². The Bertz CT molecular complexity index is 748. The van der Waals surface area contributed by atoms with Gasteiger partial charge >= 0.3 is 0 Å². The van der Waals surface area contributed by atoms with Crippen molar-refractivity contribution in [1.82, 2.24) is 0 Å². The maximum atomic E-state index is 13.8. The van der Waals surface area contributed by atoms with Crippen LogP contribution in [0.5, 0.6) is 17.2 Å². The minimum absolute atomic E-state index is 0.0909. The standard InChI is InChI=1S/C20H24FNO3/c1-4-24-18-10-13-8-9-22-20(15(13)12-19(18)25-5-2)14-6-7-16(21)17(11-14)23-3/h6-7,10-12,20,22H,4-5,8-9H2,1-3H3/p+1/t20-/m0/s1. The van der Waals surface area contributed by atoms with E-state index in [1.54, 1.807) is 6.07 Å². The Morgan fingerprint density at radius 1 is 1.04 bits per heavy atom. The predicted molar refractivity (Wildman–Crippen MR) is 94.1 cm³/mol. The Kier molecular flexibility index (Phi) is 5.43. The average molecular weight is 346 g/mol. The lowest BCUT2D eigenvalue weighted by Gasteiger charge is -2.26. The molecule has 134 valence electrons. The van der Waals surface area contributed by atoms with Crippen LogP contribution in [0, 0.1) is 5.82 Å². The SMILES string of the molecule is CCOc1cc2c(cc1OCC)[C@H](c1ccc(F)c(OC)c1)[NH2+]CC2. The summed E-state index contributed by atoms with van der Waals surface area (Å²) in [5, 5.41) is 2.27. The molecule has 0 spiro atoms. The summed E-state index contributed by atoms with van der Waals surface area (Å²) in [5.74, 6) is 1.48.